The van der Waals surface area contributed by atoms with Crippen LogP contribution in [-0.2, 0) is 0 Å². The van der Waals surface area contributed by atoms with Gasteiger partial charge in [-0.1, -0.05) is 34.2 Å². The van der Waals surface area contributed by atoms with E-state index in [4.69, 9.17) is 21.6 Å². The summed E-state index contributed by atoms with van der Waals surface area (Å²) in [6.45, 7) is 0. The first-order chi connectivity index (χ1) is 9.65. The van der Waals surface area contributed by atoms with Crippen LogP contribution in [0, 0.1) is 17.1 Å². The van der Waals surface area contributed by atoms with Gasteiger partial charge in [0.1, 0.15) is 23.7 Å². The Bertz CT molecular complexity index is 627. The summed E-state index contributed by atoms with van der Waals surface area (Å²) in [7, 11) is 0. The van der Waals surface area contributed by atoms with Gasteiger partial charge in [-0.15, -0.1) is 0 Å². The second-order valence-corrected chi connectivity index (χ2v) is 6.28. The van der Waals surface area contributed by atoms with Crippen molar-refractivity contribution in [3.8, 4) is 11.8 Å². The first-order valence-corrected chi connectivity index (χ1v) is 8.64. The third-order valence-electron chi connectivity index (χ3n) is 2.70. The van der Waals surface area contributed by atoms with E-state index < -0.39 is 5.82 Å². The maximum atomic E-state index is 13.4. The highest BCUT2D eigenvalue weighted by molar-refractivity contribution is 14.1. The molecule has 1 atom stereocenters. The summed E-state index contributed by atoms with van der Waals surface area (Å²) in [5, 5.41) is 13.0. The average Bonchev–Trinajstić information content (AvgIpc) is 2.96. The lowest BCUT2D eigenvalue weighted by Gasteiger charge is -2.18. The maximum Gasteiger partial charge on any atom is 0.143 e. The Labute approximate surface area is 139 Å². The minimum absolute atomic E-state index is 0.0439. The minimum Gasteiger partial charge on any atom is -0.484 e. The SMILES string of the molecule is N#Cc1cc(F)c(Cl)cc1O[C@H](CCI)c1ccsc1. The van der Waals surface area contributed by atoms with Gasteiger partial charge < -0.3 is 4.74 Å². The topological polar surface area (TPSA) is 33.0 Å². The van der Waals surface area contributed by atoms with E-state index in [2.05, 4.69) is 22.6 Å². The lowest BCUT2D eigenvalue weighted by Crippen LogP contribution is -2.08. The number of thiophene rings is 1. The summed E-state index contributed by atoms with van der Waals surface area (Å²) in [5.41, 5.74) is 1.21. The summed E-state index contributed by atoms with van der Waals surface area (Å²) in [6.07, 6.45) is 0.642. The summed E-state index contributed by atoms with van der Waals surface area (Å²) < 4.78 is 20.2. The van der Waals surface area contributed by atoms with Crippen LogP contribution >= 0.6 is 45.5 Å². The molecule has 0 spiro atoms. The molecule has 2 nitrogen and oxygen atoms in total. The number of rotatable bonds is 5. The Morgan fingerprint density at radius 3 is 2.90 bits per heavy atom. The van der Waals surface area contributed by atoms with Crippen LogP contribution < -0.4 is 4.74 Å². The molecule has 2 rings (SSSR count). The van der Waals surface area contributed by atoms with E-state index >= 15 is 0 Å². The van der Waals surface area contributed by atoms with Crippen LogP contribution in [0.1, 0.15) is 23.7 Å². The number of hydrogen-bond acceptors (Lipinski definition) is 3. The van der Waals surface area contributed by atoms with Crippen LogP contribution in [0.3, 0.4) is 0 Å². The Morgan fingerprint density at radius 1 is 1.50 bits per heavy atom. The van der Waals surface area contributed by atoms with Gasteiger partial charge in [0, 0.05) is 16.1 Å². The largest absolute Gasteiger partial charge is 0.484 e. The second kappa shape index (κ2) is 7.25. The molecule has 0 aliphatic heterocycles. The van der Waals surface area contributed by atoms with Crippen molar-refractivity contribution in [3.63, 3.8) is 0 Å². The number of ether oxygens (including phenoxy) is 1. The summed E-state index contributed by atoms with van der Waals surface area (Å²) in [4.78, 5) is 0. The zero-order chi connectivity index (χ0) is 14.5. The molecule has 1 heterocycles. The number of halogens is 3. The number of alkyl halides is 1. The molecular weight excluding hydrogens is 412 g/mol. The average molecular weight is 422 g/mol. The first-order valence-electron chi connectivity index (χ1n) is 5.79. The molecule has 0 N–H and O–H groups in total. The van der Waals surface area contributed by atoms with E-state index in [0.29, 0.717) is 5.75 Å². The van der Waals surface area contributed by atoms with Gasteiger partial charge in [0.15, 0.2) is 0 Å². The van der Waals surface area contributed by atoms with Crippen LogP contribution in [0.15, 0.2) is 29.0 Å². The number of nitrogens with zero attached hydrogens (tertiary/aromatic N) is 1. The molecule has 0 fully saturated rings. The smallest absolute Gasteiger partial charge is 0.143 e. The molecular formula is C14H10ClFINOS. The van der Waals surface area contributed by atoms with Crippen LogP contribution in [0.4, 0.5) is 4.39 Å². The van der Waals surface area contributed by atoms with Gasteiger partial charge in [-0.05, 0) is 29.3 Å². The molecule has 104 valence electrons. The fourth-order valence-electron chi connectivity index (χ4n) is 1.72. The molecule has 1 aromatic carbocycles. The molecule has 0 saturated heterocycles. The van der Waals surface area contributed by atoms with Crippen molar-refractivity contribution in [3.05, 3.63) is 50.9 Å². The zero-order valence-electron chi connectivity index (χ0n) is 10.3. The first kappa shape index (κ1) is 15.5. The fraction of sp³-hybridized carbons (Fsp3) is 0.214. The number of benzene rings is 1. The van der Waals surface area contributed by atoms with Gasteiger partial charge in [0.2, 0.25) is 0 Å². The maximum absolute atomic E-state index is 13.4. The molecule has 2 aromatic rings. The van der Waals surface area contributed by atoms with Gasteiger partial charge in [-0.2, -0.15) is 16.6 Å². The Kier molecular flexibility index (Phi) is 5.64. The molecule has 0 aliphatic rings. The minimum atomic E-state index is -0.614. The van der Waals surface area contributed by atoms with Crippen molar-refractivity contribution in [2.45, 2.75) is 12.5 Å². The molecule has 0 saturated carbocycles. The summed E-state index contributed by atoms with van der Waals surface area (Å²) >= 11 is 9.62. The van der Waals surface area contributed by atoms with Crippen molar-refractivity contribution in [2.75, 3.05) is 4.43 Å². The molecule has 0 unspecified atom stereocenters. The summed E-state index contributed by atoms with van der Waals surface area (Å²) in [6, 6.07) is 6.39. The second-order valence-electron chi connectivity index (χ2n) is 4.02. The lowest BCUT2D eigenvalue weighted by atomic mass is 10.1. The predicted molar refractivity (Wildman–Crippen MR) is 87.3 cm³/mol. The summed E-state index contributed by atoms with van der Waals surface area (Å²) in [5.74, 6) is -0.295. The van der Waals surface area contributed by atoms with Crippen molar-refractivity contribution >= 4 is 45.5 Å². The van der Waals surface area contributed by atoms with Gasteiger partial charge >= 0.3 is 0 Å². The van der Waals surface area contributed by atoms with Crippen LogP contribution in [0.25, 0.3) is 0 Å². The van der Waals surface area contributed by atoms with E-state index in [1.54, 1.807) is 11.3 Å². The van der Waals surface area contributed by atoms with Crippen molar-refractivity contribution in [2.24, 2.45) is 0 Å². The highest BCUT2D eigenvalue weighted by Gasteiger charge is 2.17. The number of nitriles is 1. The zero-order valence-corrected chi connectivity index (χ0v) is 14.0. The Morgan fingerprint density at radius 2 is 2.30 bits per heavy atom. The van der Waals surface area contributed by atoms with E-state index in [1.165, 1.54) is 6.07 Å². The highest BCUT2D eigenvalue weighted by atomic mass is 127. The Balaban J connectivity index is 2.31. The highest BCUT2D eigenvalue weighted by Crippen LogP contribution is 2.32. The monoisotopic (exact) mass is 421 g/mol. The predicted octanol–water partition coefficient (Wildman–Crippen LogP) is 5.36. The quantitative estimate of drug-likeness (QED) is 0.481. The third kappa shape index (κ3) is 3.62. The third-order valence-corrected chi connectivity index (χ3v) is 4.31. The normalized spacial score (nSPS) is 11.9. The lowest BCUT2D eigenvalue weighted by molar-refractivity contribution is 0.203. The fourth-order valence-corrected chi connectivity index (χ4v) is 3.14. The molecule has 0 amide bonds. The molecule has 1 aromatic heterocycles. The van der Waals surface area contributed by atoms with Gasteiger partial charge in [0.05, 0.1) is 10.6 Å². The molecule has 0 aliphatic carbocycles. The molecule has 6 heteroatoms. The number of hydrogen-bond donors (Lipinski definition) is 0. The molecule has 20 heavy (non-hydrogen) atoms. The van der Waals surface area contributed by atoms with Crippen LogP contribution in [0.5, 0.6) is 5.75 Å². The standard InChI is InChI=1S/C14H10ClFINOS/c15-11-6-14(10(7-18)5-12(11)16)19-13(1-3-17)9-2-4-20-8-9/h2,4-6,8,13H,1,3H2/t13-/m1/s1. The van der Waals surface area contributed by atoms with Crippen LogP contribution in [-0.4, -0.2) is 4.43 Å². The Hall–Kier alpha value is -0.840. The van der Waals surface area contributed by atoms with E-state index in [-0.39, 0.29) is 16.7 Å². The van der Waals surface area contributed by atoms with Crippen molar-refractivity contribution < 1.29 is 9.13 Å². The molecule has 0 radical (unpaired) electrons. The van der Waals surface area contributed by atoms with Gasteiger partial charge in [-0.25, -0.2) is 4.39 Å². The van der Waals surface area contributed by atoms with Crippen molar-refractivity contribution in [1.82, 2.24) is 0 Å². The van der Waals surface area contributed by atoms with E-state index in [9.17, 15) is 4.39 Å². The molecule has 0 bridgehead atoms. The van der Waals surface area contributed by atoms with Gasteiger partial charge in [0.25, 0.3) is 0 Å². The van der Waals surface area contributed by atoms with E-state index in [1.807, 2.05) is 22.9 Å². The van der Waals surface area contributed by atoms with Gasteiger partial charge in [-0.3, -0.25) is 0 Å². The van der Waals surface area contributed by atoms with Crippen molar-refractivity contribution in [1.29, 1.82) is 5.26 Å². The van der Waals surface area contributed by atoms with Crippen LogP contribution in [0.2, 0.25) is 5.02 Å². The van der Waals surface area contributed by atoms with E-state index in [0.717, 1.165) is 22.5 Å².